The van der Waals surface area contributed by atoms with E-state index < -0.39 is 39.8 Å². The standard InChI is InChI=1S/C20H25F3IN3O4/c1-19(2)17(28)26(18(29)25(19)12-8-6-4-3-5-7-11-24)14-9-10-16(27(30)31)15(13-14)20(21,22)23/h9-10,13H,3-8,11-12H2,1-2H3. The molecule has 0 aliphatic carbocycles. The van der Waals surface area contributed by atoms with E-state index in [1.54, 1.807) is 13.8 Å². The van der Waals surface area contributed by atoms with Crippen molar-refractivity contribution in [3.63, 3.8) is 0 Å². The Kier molecular flexibility index (Phi) is 8.28. The second-order valence-electron chi connectivity index (χ2n) is 7.90. The number of carbonyl (C=O) groups is 2. The van der Waals surface area contributed by atoms with Gasteiger partial charge >= 0.3 is 12.2 Å². The van der Waals surface area contributed by atoms with Gasteiger partial charge < -0.3 is 4.90 Å². The third-order valence-electron chi connectivity index (χ3n) is 5.33. The van der Waals surface area contributed by atoms with Crippen LogP contribution >= 0.6 is 22.6 Å². The average Bonchev–Trinajstić information content (AvgIpc) is 2.85. The maximum Gasteiger partial charge on any atom is 0.423 e. The minimum absolute atomic E-state index is 0.305. The molecular formula is C20H25F3IN3O4. The first-order chi connectivity index (χ1) is 14.4. The van der Waals surface area contributed by atoms with Gasteiger partial charge in [0.15, 0.2) is 0 Å². The smallest absolute Gasteiger partial charge is 0.310 e. The third kappa shape index (κ3) is 5.66. The van der Waals surface area contributed by atoms with E-state index in [1.807, 2.05) is 0 Å². The molecule has 0 saturated carbocycles. The molecule has 0 unspecified atom stereocenters. The number of anilines is 1. The summed E-state index contributed by atoms with van der Waals surface area (Å²) in [5, 5.41) is 11.0. The van der Waals surface area contributed by atoms with Gasteiger partial charge in [0.1, 0.15) is 11.1 Å². The lowest BCUT2D eigenvalue weighted by Gasteiger charge is -2.27. The highest BCUT2D eigenvalue weighted by Gasteiger charge is 2.52. The number of amides is 3. The molecule has 7 nitrogen and oxygen atoms in total. The summed E-state index contributed by atoms with van der Waals surface area (Å²) in [5.74, 6) is -0.665. The molecule has 11 heteroatoms. The van der Waals surface area contributed by atoms with Crippen molar-refractivity contribution in [2.75, 3.05) is 15.9 Å². The SMILES string of the molecule is CC1(C)C(=O)N(c2ccc([N+](=O)[O-])c(C(F)(F)F)c2)C(=O)N1CCCCCCCCI. The van der Waals surface area contributed by atoms with Crippen molar-refractivity contribution >= 4 is 45.9 Å². The average molecular weight is 555 g/mol. The zero-order chi connectivity index (χ0) is 23.4. The Hall–Kier alpha value is -1.92. The highest BCUT2D eigenvalue weighted by molar-refractivity contribution is 14.1. The van der Waals surface area contributed by atoms with Crippen LogP contribution in [-0.4, -0.2) is 38.3 Å². The van der Waals surface area contributed by atoms with Crippen molar-refractivity contribution in [2.24, 2.45) is 0 Å². The minimum Gasteiger partial charge on any atom is -0.310 e. The van der Waals surface area contributed by atoms with Gasteiger partial charge in [-0.3, -0.25) is 14.9 Å². The molecule has 3 amide bonds. The number of alkyl halides is 4. The molecule has 0 N–H and O–H groups in total. The number of imide groups is 1. The normalized spacial score (nSPS) is 16.3. The Morgan fingerprint density at radius 2 is 1.65 bits per heavy atom. The molecule has 0 bridgehead atoms. The molecule has 0 atom stereocenters. The monoisotopic (exact) mass is 555 g/mol. The fraction of sp³-hybridized carbons (Fsp3) is 0.600. The maximum absolute atomic E-state index is 13.3. The van der Waals surface area contributed by atoms with Gasteiger partial charge in [-0.2, -0.15) is 13.2 Å². The zero-order valence-corrected chi connectivity index (χ0v) is 19.5. The van der Waals surface area contributed by atoms with Gasteiger partial charge in [-0.15, -0.1) is 0 Å². The predicted molar refractivity (Wildman–Crippen MR) is 118 cm³/mol. The number of urea groups is 1. The zero-order valence-electron chi connectivity index (χ0n) is 17.4. The summed E-state index contributed by atoms with van der Waals surface area (Å²) in [6, 6.07) is 1.43. The molecule has 1 aliphatic heterocycles. The van der Waals surface area contributed by atoms with E-state index in [0.29, 0.717) is 30.0 Å². The quantitative estimate of drug-likeness (QED) is 0.0894. The predicted octanol–water partition coefficient (Wildman–Crippen LogP) is 5.94. The molecule has 31 heavy (non-hydrogen) atoms. The van der Waals surface area contributed by atoms with Crippen LogP contribution in [0.15, 0.2) is 18.2 Å². The highest BCUT2D eigenvalue weighted by atomic mass is 127. The van der Waals surface area contributed by atoms with E-state index in [1.165, 1.54) is 4.90 Å². The first-order valence-electron chi connectivity index (χ1n) is 10.0. The molecule has 0 spiro atoms. The Labute approximate surface area is 192 Å². The van der Waals surface area contributed by atoms with Crippen molar-refractivity contribution in [1.82, 2.24) is 4.90 Å². The number of hydrogen-bond acceptors (Lipinski definition) is 4. The third-order valence-corrected chi connectivity index (χ3v) is 6.09. The van der Waals surface area contributed by atoms with Crippen molar-refractivity contribution in [2.45, 2.75) is 64.1 Å². The second-order valence-corrected chi connectivity index (χ2v) is 8.98. The Morgan fingerprint density at radius 1 is 1.06 bits per heavy atom. The molecule has 0 aromatic heterocycles. The van der Waals surface area contributed by atoms with Gasteiger partial charge in [-0.25, -0.2) is 9.69 Å². The lowest BCUT2D eigenvalue weighted by atomic mass is 10.0. The molecule has 1 heterocycles. The van der Waals surface area contributed by atoms with Gasteiger partial charge in [0.05, 0.1) is 10.6 Å². The van der Waals surface area contributed by atoms with Crippen LogP contribution in [0.5, 0.6) is 0 Å². The van der Waals surface area contributed by atoms with E-state index >= 15 is 0 Å². The van der Waals surface area contributed by atoms with Gasteiger partial charge in [-0.1, -0.05) is 48.3 Å². The van der Waals surface area contributed by atoms with E-state index in [2.05, 4.69) is 22.6 Å². The first kappa shape index (κ1) is 25.3. The van der Waals surface area contributed by atoms with Crippen molar-refractivity contribution in [3.05, 3.63) is 33.9 Å². The summed E-state index contributed by atoms with van der Waals surface area (Å²) >= 11 is 2.33. The van der Waals surface area contributed by atoms with Crippen LogP contribution in [0.25, 0.3) is 0 Å². The maximum atomic E-state index is 13.3. The Morgan fingerprint density at radius 3 is 2.19 bits per heavy atom. The summed E-state index contributed by atoms with van der Waals surface area (Å²) in [6.45, 7) is 3.40. The van der Waals surface area contributed by atoms with E-state index in [-0.39, 0.29) is 5.69 Å². The molecular weight excluding hydrogens is 530 g/mol. The molecule has 0 radical (unpaired) electrons. The molecule has 1 fully saturated rings. The van der Waals surface area contributed by atoms with Gasteiger partial charge in [-0.05, 0) is 43.2 Å². The number of benzene rings is 1. The largest absolute Gasteiger partial charge is 0.423 e. The molecule has 1 aliphatic rings. The van der Waals surface area contributed by atoms with Crippen LogP contribution in [0.2, 0.25) is 0 Å². The number of carbonyl (C=O) groups excluding carboxylic acids is 2. The number of nitrogens with zero attached hydrogens (tertiary/aromatic N) is 3. The van der Waals surface area contributed by atoms with Gasteiger partial charge in [0, 0.05) is 12.6 Å². The number of nitro groups is 1. The summed E-state index contributed by atoms with van der Waals surface area (Å²) in [5.41, 5.74) is -4.19. The van der Waals surface area contributed by atoms with Crippen LogP contribution in [-0.2, 0) is 11.0 Å². The Bertz CT molecular complexity index is 845. The topological polar surface area (TPSA) is 83.8 Å². The van der Waals surface area contributed by atoms with Crippen LogP contribution < -0.4 is 4.90 Å². The van der Waals surface area contributed by atoms with Crippen LogP contribution in [0.3, 0.4) is 0 Å². The number of halogens is 4. The number of rotatable bonds is 10. The lowest BCUT2D eigenvalue weighted by Crippen LogP contribution is -2.44. The van der Waals surface area contributed by atoms with E-state index in [4.69, 9.17) is 0 Å². The minimum atomic E-state index is -5.00. The number of nitro benzene ring substituents is 1. The summed E-state index contributed by atoms with van der Waals surface area (Å²) < 4.78 is 41.1. The molecule has 1 aromatic rings. The fourth-order valence-corrected chi connectivity index (χ4v) is 4.10. The molecule has 2 rings (SSSR count). The number of unbranched alkanes of at least 4 members (excludes halogenated alkanes) is 5. The molecule has 1 saturated heterocycles. The summed E-state index contributed by atoms with van der Waals surface area (Å²) in [6.07, 6.45) is 0.959. The van der Waals surface area contributed by atoms with Gasteiger partial charge in [0.2, 0.25) is 0 Å². The van der Waals surface area contributed by atoms with Crippen LogP contribution in [0.1, 0.15) is 57.9 Å². The van der Waals surface area contributed by atoms with Crippen LogP contribution in [0, 0.1) is 10.1 Å². The van der Waals surface area contributed by atoms with Crippen LogP contribution in [0.4, 0.5) is 29.3 Å². The molecule has 1 aromatic carbocycles. The van der Waals surface area contributed by atoms with E-state index in [0.717, 1.165) is 42.6 Å². The highest BCUT2D eigenvalue weighted by Crippen LogP contribution is 2.40. The van der Waals surface area contributed by atoms with Crippen molar-refractivity contribution in [3.8, 4) is 0 Å². The van der Waals surface area contributed by atoms with E-state index in [9.17, 15) is 32.9 Å². The summed E-state index contributed by atoms with van der Waals surface area (Å²) in [4.78, 5) is 37.7. The van der Waals surface area contributed by atoms with Crippen molar-refractivity contribution < 1.29 is 27.7 Å². The second kappa shape index (κ2) is 10.1. The Balaban J connectivity index is 2.20. The fourth-order valence-electron chi connectivity index (χ4n) is 3.56. The lowest BCUT2D eigenvalue weighted by molar-refractivity contribution is -0.388. The van der Waals surface area contributed by atoms with Gasteiger partial charge in [0.25, 0.3) is 11.6 Å². The molecule has 172 valence electrons. The summed E-state index contributed by atoms with van der Waals surface area (Å²) in [7, 11) is 0. The van der Waals surface area contributed by atoms with Crippen molar-refractivity contribution in [1.29, 1.82) is 0 Å². The number of hydrogen-bond donors (Lipinski definition) is 0. The first-order valence-corrected chi connectivity index (χ1v) is 11.5.